The van der Waals surface area contributed by atoms with E-state index >= 15 is 0 Å². The number of para-hydroxylation sites is 1. The molecule has 0 aliphatic carbocycles. The lowest BCUT2D eigenvalue weighted by molar-refractivity contribution is 0.0598. The normalized spacial score (nSPS) is 17.1. The van der Waals surface area contributed by atoms with Gasteiger partial charge in [0.15, 0.2) is 0 Å². The third-order valence-corrected chi connectivity index (χ3v) is 4.76. The van der Waals surface area contributed by atoms with Crippen molar-refractivity contribution in [3.05, 3.63) is 58.5 Å². The molecule has 3 rings (SSSR count). The van der Waals surface area contributed by atoms with Crippen molar-refractivity contribution < 1.29 is 9.53 Å². The summed E-state index contributed by atoms with van der Waals surface area (Å²) in [5.74, 6) is 0.654. The summed E-state index contributed by atoms with van der Waals surface area (Å²) in [6.45, 7) is 3.47. The highest BCUT2D eigenvalue weighted by Gasteiger charge is 2.27. The first kappa shape index (κ1) is 18.2. The van der Waals surface area contributed by atoms with Gasteiger partial charge < -0.3 is 9.64 Å². The molecule has 1 aliphatic rings. The number of nitrogens with zero attached hydrogens (tertiary/aromatic N) is 3. The SMILES string of the molecule is CCC1CCCCN1C(=O)c1ccc(=O)n(CCOc2ccccc2)n1. The van der Waals surface area contributed by atoms with E-state index in [9.17, 15) is 9.59 Å². The van der Waals surface area contributed by atoms with E-state index in [2.05, 4.69) is 12.0 Å². The van der Waals surface area contributed by atoms with Crippen LogP contribution in [0.25, 0.3) is 0 Å². The van der Waals surface area contributed by atoms with Crippen molar-refractivity contribution >= 4 is 5.91 Å². The van der Waals surface area contributed by atoms with Crippen LogP contribution < -0.4 is 10.3 Å². The zero-order valence-electron chi connectivity index (χ0n) is 15.1. The molecule has 1 aliphatic heterocycles. The van der Waals surface area contributed by atoms with Crippen molar-refractivity contribution in [2.24, 2.45) is 0 Å². The summed E-state index contributed by atoms with van der Waals surface area (Å²) in [5, 5.41) is 4.28. The van der Waals surface area contributed by atoms with Gasteiger partial charge in [0.25, 0.3) is 11.5 Å². The van der Waals surface area contributed by atoms with Gasteiger partial charge in [-0.1, -0.05) is 25.1 Å². The van der Waals surface area contributed by atoms with Crippen molar-refractivity contribution in [1.29, 1.82) is 0 Å². The minimum absolute atomic E-state index is 0.0886. The molecule has 0 bridgehead atoms. The second-order valence-corrected chi connectivity index (χ2v) is 6.50. The van der Waals surface area contributed by atoms with Gasteiger partial charge in [0.05, 0.1) is 6.54 Å². The van der Waals surface area contributed by atoms with Crippen molar-refractivity contribution in [2.75, 3.05) is 13.2 Å². The average molecular weight is 355 g/mol. The van der Waals surface area contributed by atoms with Gasteiger partial charge in [0, 0.05) is 18.7 Å². The number of ether oxygens (including phenoxy) is 1. The third-order valence-electron chi connectivity index (χ3n) is 4.76. The van der Waals surface area contributed by atoms with E-state index in [1.807, 2.05) is 35.2 Å². The summed E-state index contributed by atoms with van der Waals surface area (Å²) in [6, 6.07) is 12.6. The molecule has 1 amide bonds. The van der Waals surface area contributed by atoms with Crippen LogP contribution in [0.4, 0.5) is 0 Å². The Bertz CT molecular complexity index is 788. The third kappa shape index (κ3) is 4.31. The maximum absolute atomic E-state index is 12.8. The van der Waals surface area contributed by atoms with Crippen LogP contribution in [-0.4, -0.2) is 39.8 Å². The molecule has 26 heavy (non-hydrogen) atoms. The van der Waals surface area contributed by atoms with E-state index in [-0.39, 0.29) is 17.5 Å². The molecule has 0 radical (unpaired) electrons. The summed E-state index contributed by atoms with van der Waals surface area (Å²) in [6.07, 6.45) is 4.15. The summed E-state index contributed by atoms with van der Waals surface area (Å²) >= 11 is 0. The topological polar surface area (TPSA) is 64.4 Å². The van der Waals surface area contributed by atoms with Crippen LogP contribution in [0.2, 0.25) is 0 Å². The molecule has 1 fully saturated rings. The fraction of sp³-hybridized carbons (Fsp3) is 0.450. The lowest BCUT2D eigenvalue weighted by Crippen LogP contribution is -2.44. The molecule has 6 heteroatoms. The van der Waals surface area contributed by atoms with Crippen LogP contribution in [-0.2, 0) is 6.54 Å². The molecule has 2 heterocycles. The zero-order chi connectivity index (χ0) is 18.4. The van der Waals surface area contributed by atoms with E-state index in [1.165, 1.54) is 16.8 Å². The van der Waals surface area contributed by atoms with E-state index in [0.717, 1.165) is 38.0 Å². The number of rotatable bonds is 6. The average Bonchev–Trinajstić information content (AvgIpc) is 2.69. The molecule has 0 saturated carbocycles. The number of hydrogen-bond acceptors (Lipinski definition) is 4. The second-order valence-electron chi connectivity index (χ2n) is 6.50. The van der Waals surface area contributed by atoms with Gasteiger partial charge in [-0.15, -0.1) is 0 Å². The molecule has 2 aromatic rings. The van der Waals surface area contributed by atoms with Crippen molar-refractivity contribution in [2.45, 2.75) is 45.2 Å². The molecule has 6 nitrogen and oxygen atoms in total. The van der Waals surface area contributed by atoms with Crippen LogP contribution in [0.1, 0.15) is 43.1 Å². The number of likely N-dealkylation sites (tertiary alicyclic amines) is 1. The number of aromatic nitrogens is 2. The largest absolute Gasteiger partial charge is 0.492 e. The first-order valence-corrected chi connectivity index (χ1v) is 9.26. The maximum atomic E-state index is 12.8. The molecule has 1 aromatic carbocycles. The van der Waals surface area contributed by atoms with E-state index in [0.29, 0.717) is 18.8 Å². The summed E-state index contributed by atoms with van der Waals surface area (Å²) in [4.78, 5) is 26.8. The Kier molecular flexibility index (Phi) is 6.04. The molecule has 1 aromatic heterocycles. The van der Waals surface area contributed by atoms with Gasteiger partial charge >= 0.3 is 0 Å². The number of carbonyl (C=O) groups excluding carboxylic acids is 1. The smallest absolute Gasteiger partial charge is 0.274 e. The Morgan fingerprint density at radius 3 is 2.77 bits per heavy atom. The van der Waals surface area contributed by atoms with Crippen molar-refractivity contribution in [1.82, 2.24) is 14.7 Å². The number of carbonyl (C=O) groups is 1. The Balaban J connectivity index is 1.68. The number of piperidine rings is 1. The van der Waals surface area contributed by atoms with Crippen LogP contribution in [0, 0.1) is 0 Å². The number of amides is 1. The van der Waals surface area contributed by atoms with Crippen LogP contribution in [0.15, 0.2) is 47.3 Å². The molecular formula is C20H25N3O3. The van der Waals surface area contributed by atoms with Crippen LogP contribution in [0.3, 0.4) is 0 Å². The lowest BCUT2D eigenvalue weighted by atomic mass is 9.99. The molecule has 0 spiro atoms. The van der Waals surface area contributed by atoms with E-state index in [1.54, 1.807) is 0 Å². The standard InChI is InChI=1S/C20H25N3O3/c1-2-16-8-6-7-13-22(16)20(25)18-11-12-19(24)23(21-18)14-15-26-17-9-4-3-5-10-17/h3-5,9-12,16H,2,6-8,13-15H2,1H3. The van der Waals surface area contributed by atoms with Gasteiger partial charge in [-0.25, -0.2) is 4.68 Å². The van der Waals surface area contributed by atoms with Gasteiger partial charge in [-0.2, -0.15) is 5.10 Å². The van der Waals surface area contributed by atoms with Gasteiger partial charge in [-0.05, 0) is 43.9 Å². The van der Waals surface area contributed by atoms with Crippen molar-refractivity contribution in [3.8, 4) is 5.75 Å². The van der Waals surface area contributed by atoms with Crippen LogP contribution >= 0.6 is 0 Å². The quantitative estimate of drug-likeness (QED) is 0.799. The highest BCUT2D eigenvalue weighted by Crippen LogP contribution is 2.21. The predicted octanol–water partition coefficient (Wildman–Crippen LogP) is 2.73. The summed E-state index contributed by atoms with van der Waals surface area (Å²) in [7, 11) is 0. The second kappa shape index (κ2) is 8.65. The predicted molar refractivity (Wildman–Crippen MR) is 99.4 cm³/mol. The van der Waals surface area contributed by atoms with Crippen molar-refractivity contribution in [3.63, 3.8) is 0 Å². The minimum Gasteiger partial charge on any atom is -0.492 e. The van der Waals surface area contributed by atoms with Gasteiger partial charge in [0.2, 0.25) is 0 Å². The molecular weight excluding hydrogens is 330 g/mol. The molecule has 138 valence electrons. The Hall–Kier alpha value is -2.63. The maximum Gasteiger partial charge on any atom is 0.274 e. The lowest BCUT2D eigenvalue weighted by Gasteiger charge is -2.35. The Morgan fingerprint density at radius 1 is 1.19 bits per heavy atom. The molecule has 1 unspecified atom stereocenters. The number of benzene rings is 1. The fourth-order valence-electron chi connectivity index (χ4n) is 3.33. The van der Waals surface area contributed by atoms with Crippen LogP contribution in [0.5, 0.6) is 5.75 Å². The summed E-state index contributed by atoms with van der Waals surface area (Å²) < 4.78 is 6.93. The zero-order valence-corrected chi connectivity index (χ0v) is 15.1. The monoisotopic (exact) mass is 355 g/mol. The minimum atomic E-state index is -0.233. The van der Waals surface area contributed by atoms with E-state index in [4.69, 9.17) is 4.74 Å². The first-order chi connectivity index (χ1) is 12.7. The molecule has 1 atom stereocenters. The Labute approximate surface area is 153 Å². The van der Waals surface area contributed by atoms with E-state index < -0.39 is 0 Å². The molecule has 0 N–H and O–H groups in total. The van der Waals surface area contributed by atoms with Gasteiger partial charge in [0.1, 0.15) is 18.1 Å². The Morgan fingerprint density at radius 2 is 2.00 bits per heavy atom. The number of hydrogen-bond donors (Lipinski definition) is 0. The highest BCUT2D eigenvalue weighted by atomic mass is 16.5. The molecule has 1 saturated heterocycles. The fourth-order valence-corrected chi connectivity index (χ4v) is 3.33. The van der Waals surface area contributed by atoms with Gasteiger partial charge in [-0.3, -0.25) is 9.59 Å². The first-order valence-electron chi connectivity index (χ1n) is 9.26. The summed E-state index contributed by atoms with van der Waals surface area (Å²) in [5.41, 5.74) is 0.0913. The highest BCUT2D eigenvalue weighted by molar-refractivity contribution is 5.92.